The Bertz CT molecular complexity index is 643. The van der Waals surface area contributed by atoms with Crippen molar-refractivity contribution in [3.05, 3.63) is 62.1 Å². The van der Waals surface area contributed by atoms with Crippen LogP contribution in [0.3, 0.4) is 0 Å². The Morgan fingerprint density at radius 1 is 1.15 bits per heavy atom. The van der Waals surface area contributed by atoms with Gasteiger partial charge >= 0.3 is 0 Å². The highest BCUT2D eigenvalue weighted by Gasteiger charge is 2.18. The maximum atomic E-state index is 6.39. The molecular formula is C16H17BrClNO. The first-order valence-corrected chi connectivity index (χ1v) is 7.46. The molecule has 0 bridgehead atoms. The van der Waals surface area contributed by atoms with Crippen molar-refractivity contribution in [2.24, 2.45) is 5.73 Å². The lowest BCUT2D eigenvalue weighted by Crippen LogP contribution is -2.13. The molecule has 0 saturated carbocycles. The Balaban J connectivity index is 2.52. The highest BCUT2D eigenvalue weighted by molar-refractivity contribution is 9.10. The van der Waals surface area contributed by atoms with Gasteiger partial charge < -0.3 is 10.5 Å². The summed E-state index contributed by atoms with van der Waals surface area (Å²) in [6, 6.07) is 9.60. The molecule has 0 aliphatic heterocycles. The van der Waals surface area contributed by atoms with E-state index in [2.05, 4.69) is 41.9 Å². The van der Waals surface area contributed by atoms with E-state index in [4.69, 9.17) is 22.1 Å². The molecule has 106 valence electrons. The first kappa shape index (κ1) is 15.4. The van der Waals surface area contributed by atoms with Crippen molar-refractivity contribution >= 4 is 27.5 Å². The number of hydrogen-bond acceptors (Lipinski definition) is 2. The van der Waals surface area contributed by atoms with E-state index in [1.807, 2.05) is 12.1 Å². The predicted octanol–water partition coefficient (Wildman–Crippen LogP) is 4.78. The zero-order chi connectivity index (χ0) is 14.9. The lowest BCUT2D eigenvalue weighted by Gasteiger charge is -2.18. The summed E-state index contributed by atoms with van der Waals surface area (Å²) in [5, 5.41) is 0.631. The third-order valence-electron chi connectivity index (χ3n) is 3.47. The number of halogens is 2. The number of methoxy groups -OCH3 is 1. The van der Waals surface area contributed by atoms with Crippen LogP contribution in [0.2, 0.25) is 5.02 Å². The van der Waals surface area contributed by atoms with Gasteiger partial charge in [-0.05, 0) is 58.6 Å². The van der Waals surface area contributed by atoms with Crippen LogP contribution >= 0.6 is 27.5 Å². The lowest BCUT2D eigenvalue weighted by molar-refractivity contribution is 0.405. The minimum Gasteiger partial charge on any atom is -0.495 e. The molecule has 1 unspecified atom stereocenters. The van der Waals surface area contributed by atoms with E-state index in [1.54, 1.807) is 13.2 Å². The highest BCUT2D eigenvalue weighted by atomic mass is 79.9. The van der Waals surface area contributed by atoms with Crippen molar-refractivity contribution in [1.29, 1.82) is 0 Å². The summed E-state index contributed by atoms with van der Waals surface area (Å²) in [5.41, 5.74) is 10.8. The molecule has 1 atom stereocenters. The Labute approximate surface area is 133 Å². The van der Waals surface area contributed by atoms with Crippen LogP contribution in [0.25, 0.3) is 0 Å². The molecule has 2 aromatic carbocycles. The standard InChI is InChI=1S/C16H17BrClNO/c1-9-4-5-11(6-10(9)2)15(19)13-7-12(18)8-14(17)16(13)20-3/h4-8,15H,19H2,1-3H3. The quantitative estimate of drug-likeness (QED) is 0.861. The fourth-order valence-electron chi connectivity index (χ4n) is 2.16. The molecule has 2 rings (SSSR count). The van der Waals surface area contributed by atoms with Crippen LogP contribution < -0.4 is 10.5 Å². The van der Waals surface area contributed by atoms with Gasteiger partial charge in [-0.15, -0.1) is 0 Å². The van der Waals surface area contributed by atoms with E-state index in [0.717, 1.165) is 21.3 Å². The van der Waals surface area contributed by atoms with Gasteiger partial charge in [0.25, 0.3) is 0 Å². The molecule has 0 heterocycles. The van der Waals surface area contributed by atoms with E-state index in [1.165, 1.54) is 11.1 Å². The molecule has 0 saturated heterocycles. The summed E-state index contributed by atoms with van der Waals surface area (Å²) >= 11 is 9.59. The van der Waals surface area contributed by atoms with Crippen molar-refractivity contribution in [1.82, 2.24) is 0 Å². The zero-order valence-corrected chi connectivity index (χ0v) is 14.0. The van der Waals surface area contributed by atoms with Gasteiger partial charge in [-0.2, -0.15) is 0 Å². The maximum absolute atomic E-state index is 6.39. The van der Waals surface area contributed by atoms with E-state index >= 15 is 0 Å². The number of aryl methyl sites for hydroxylation is 2. The van der Waals surface area contributed by atoms with Crippen LogP contribution in [0.1, 0.15) is 28.3 Å². The van der Waals surface area contributed by atoms with Gasteiger partial charge in [0.2, 0.25) is 0 Å². The molecule has 0 aliphatic carbocycles. The average molecular weight is 355 g/mol. The molecule has 0 spiro atoms. The minimum atomic E-state index is -0.278. The van der Waals surface area contributed by atoms with Crippen LogP contribution in [0.15, 0.2) is 34.8 Å². The second kappa shape index (κ2) is 6.17. The number of ether oxygens (including phenoxy) is 1. The molecule has 2 nitrogen and oxygen atoms in total. The van der Waals surface area contributed by atoms with Crippen LogP contribution in [0, 0.1) is 13.8 Å². The summed E-state index contributed by atoms with van der Waals surface area (Å²) in [4.78, 5) is 0. The number of rotatable bonds is 3. The fraction of sp³-hybridized carbons (Fsp3) is 0.250. The van der Waals surface area contributed by atoms with E-state index in [0.29, 0.717) is 5.02 Å². The minimum absolute atomic E-state index is 0.278. The number of hydrogen-bond donors (Lipinski definition) is 1. The second-order valence-corrected chi connectivity index (χ2v) is 6.12. The van der Waals surface area contributed by atoms with Crippen LogP contribution in [0.5, 0.6) is 5.75 Å². The first-order valence-electron chi connectivity index (χ1n) is 6.29. The van der Waals surface area contributed by atoms with Crippen molar-refractivity contribution in [2.45, 2.75) is 19.9 Å². The third-order valence-corrected chi connectivity index (χ3v) is 4.27. The molecular weight excluding hydrogens is 338 g/mol. The van der Waals surface area contributed by atoms with Gasteiger partial charge in [-0.1, -0.05) is 29.8 Å². The molecule has 4 heteroatoms. The van der Waals surface area contributed by atoms with Gasteiger partial charge in [0.05, 0.1) is 17.6 Å². The predicted molar refractivity (Wildman–Crippen MR) is 87.7 cm³/mol. The van der Waals surface area contributed by atoms with Crippen molar-refractivity contribution in [3.8, 4) is 5.75 Å². The van der Waals surface area contributed by atoms with Gasteiger partial charge in [-0.3, -0.25) is 0 Å². The lowest BCUT2D eigenvalue weighted by atomic mass is 9.96. The molecule has 0 fully saturated rings. The van der Waals surface area contributed by atoms with Crippen molar-refractivity contribution < 1.29 is 4.74 Å². The Morgan fingerprint density at radius 2 is 1.85 bits per heavy atom. The molecule has 0 aromatic heterocycles. The molecule has 2 N–H and O–H groups in total. The molecule has 0 amide bonds. The fourth-order valence-corrected chi connectivity index (χ4v) is 3.16. The monoisotopic (exact) mass is 353 g/mol. The number of benzene rings is 2. The molecule has 0 aliphatic rings. The van der Waals surface area contributed by atoms with Gasteiger partial charge in [0, 0.05) is 10.6 Å². The van der Waals surface area contributed by atoms with E-state index in [-0.39, 0.29) is 6.04 Å². The Hall–Kier alpha value is -1.03. The zero-order valence-electron chi connectivity index (χ0n) is 11.7. The average Bonchev–Trinajstić information content (AvgIpc) is 2.40. The summed E-state index contributed by atoms with van der Waals surface area (Å²) in [7, 11) is 1.63. The normalized spacial score (nSPS) is 12.3. The van der Waals surface area contributed by atoms with E-state index in [9.17, 15) is 0 Å². The van der Waals surface area contributed by atoms with Crippen molar-refractivity contribution in [3.63, 3.8) is 0 Å². The second-order valence-electron chi connectivity index (χ2n) is 4.83. The van der Waals surface area contributed by atoms with Crippen molar-refractivity contribution in [2.75, 3.05) is 7.11 Å². The van der Waals surface area contributed by atoms with E-state index < -0.39 is 0 Å². The molecule has 0 radical (unpaired) electrons. The maximum Gasteiger partial charge on any atom is 0.138 e. The summed E-state index contributed by atoms with van der Waals surface area (Å²) in [5.74, 6) is 0.722. The summed E-state index contributed by atoms with van der Waals surface area (Å²) < 4.78 is 6.25. The van der Waals surface area contributed by atoms with Crippen LogP contribution in [0.4, 0.5) is 0 Å². The largest absolute Gasteiger partial charge is 0.495 e. The smallest absolute Gasteiger partial charge is 0.138 e. The van der Waals surface area contributed by atoms with Gasteiger partial charge in [0.15, 0.2) is 0 Å². The van der Waals surface area contributed by atoms with Gasteiger partial charge in [-0.25, -0.2) is 0 Å². The Kier molecular flexibility index (Phi) is 4.74. The summed E-state index contributed by atoms with van der Waals surface area (Å²) in [6.07, 6.45) is 0. The first-order chi connectivity index (χ1) is 9.43. The molecule has 2 aromatic rings. The van der Waals surface area contributed by atoms with Crippen LogP contribution in [-0.4, -0.2) is 7.11 Å². The molecule has 20 heavy (non-hydrogen) atoms. The Morgan fingerprint density at radius 3 is 2.45 bits per heavy atom. The third kappa shape index (κ3) is 3.00. The SMILES string of the molecule is COc1c(Br)cc(Cl)cc1C(N)c1ccc(C)c(C)c1. The highest BCUT2D eigenvalue weighted by Crippen LogP contribution is 2.37. The number of nitrogens with two attached hydrogens (primary N) is 1. The van der Waals surface area contributed by atoms with Crippen LogP contribution in [-0.2, 0) is 0 Å². The van der Waals surface area contributed by atoms with Gasteiger partial charge in [0.1, 0.15) is 5.75 Å². The summed E-state index contributed by atoms with van der Waals surface area (Å²) in [6.45, 7) is 4.16. The topological polar surface area (TPSA) is 35.2 Å².